The lowest BCUT2D eigenvalue weighted by Crippen LogP contribution is -2.59. The maximum Gasteiger partial charge on any atom is 0.328 e. The molecule has 1 saturated heterocycles. The van der Waals surface area contributed by atoms with Crippen LogP contribution in [0.1, 0.15) is 105 Å². The Kier molecular flexibility index (Phi) is 19.9. The maximum absolute atomic E-state index is 14.6. The van der Waals surface area contributed by atoms with E-state index in [0.29, 0.717) is 29.5 Å². The summed E-state index contributed by atoms with van der Waals surface area (Å²) in [5.41, 5.74) is 1.42. The quantitative estimate of drug-likeness (QED) is 0.0359. The molecule has 5 atom stereocenters. The van der Waals surface area contributed by atoms with E-state index in [1.807, 2.05) is 42.5 Å². The highest BCUT2D eigenvalue weighted by Gasteiger charge is 2.40. The number of hydrogen-bond donors (Lipinski definition) is 8. The molecular weight excluding hydrogens is 961 g/mol. The molecule has 0 bridgehead atoms. The first-order valence-corrected chi connectivity index (χ1v) is 25.7. The number of carboxylic acids is 2. The standard InChI is InChI=1S/C53H64N6O13S/c1-5-11-41(55-48(65)42(30-34-19-21-35(22-20-34)32-73(70,71)72)56-47(64)37-26-23-33(24-27-37)25-28-46(62)63)52(69)59-29-10-17-44(59)51(68)57-43(31-38-14-8-13-36-12-6-7-15-39(36)38)49(66)54-40(16-9-18-45(60)61)50(67)58-53(2,3)4/h6-8,12-15,19-28,40-44H,5,9-11,16-18,29-32H2,1-4H3,(H,54,66)(H,55,65)(H,56,64)(H,57,68)(H,58,67)(H,60,61)(H,62,63)(H,70,71,72)/b28-25+/t40-,41-,42-,43-,44-/m0/s1. The summed E-state index contributed by atoms with van der Waals surface area (Å²) >= 11 is 0. The second-order valence-electron chi connectivity index (χ2n) is 19.1. The van der Waals surface area contributed by atoms with Crippen LogP contribution in [0, 0.1) is 0 Å². The van der Waals surface area contributed by atoms with E-state index in [2.05, 4.69) is 26.6 Å². The van der Waals surface area contributed by atoms with Crippen molar-refractivity contribution < 1.29 is 61.5 Å². The van der Waals surface area contributed by atoms with Crippen LogP contribution >= 0.6 is 0 Å². The van der Waals surface area contributed by atoms with Crippen molar-refractivity contribution in [3.8, 4) is 0 Å². The van der Waals surface area contributed by atoms with Gasteiger partial charge in [0.2, 0.25) is 29.5 Å². The first kappa shape index (κ1) is 56.5. The second-order valence-corrected chi connectivity index (χ2v) is 20.5. The molecule has 0 radical (unpaired) electrons. The third-order valence-corrected chi connectivity index (χ3v) is 12.7. The molecule has 19 nitrogen and oxygen atoms in total. The van der Waals surface area contributed by atoms with Gasteiger partial charge in [0.25, 0.3) is 16.0 Å². The summed E-state index contributed by atoms with van der Waals surface area (Å²) in [6, 6.07) is 19.0. The minimum Gasteiger partial charge on any atom is -0.481 e. The van der Waals surface area contributed by atoms with Crippen LogP contribution in [0.25, 0.3) is 16.8 Å². The Morgan fingerprint density at radius 3 is 1.99 bits per heavy atom. The predicted octanol–water partition coefficient (Wildman–Crippen LogP) is 4.32. The van der Waals surface area contributed by atoms with Crippen LogP contribution in [0.4, 0.5) is 0 Å². The molecule has 0 aliphatic carbocycles. The highest BCUT2D eigenvalue weighted by molar-refractivity contribution is 7.85. The van der Waals surface area contributed by atoms with Crippen molar-refractivity contribution in [3.05, 3.63) is 125 Å². The molecule has 1 fully saturated rings. The van der Waals surface area contributed by atoms with E-state index in [0.717, 1.165) is 16.8 Å². The van der Waals surface area contributed by atoms with Crippen molar-refractivity contribution in [3.63, 3.8) is 0 Å². The van der Waals surface area contributed by atoms with Gasteiger partial charge in [-0.2, -0.15) is 8.42 Å². The maximum atomic E-state index is 14.6. The molecule has 4 aromatic carbocycles. The van der Waals surface area contributed by atoms with Crippen LogP contribution in [-0.4, -0.2) is 118 Å². The minimum absolute atomic E-state index is 0.000702. The molecule has 73 heavy (non-hydrogen) atoms. The second kappa shape index (κ2) is 25.8. The molecule has 0 unspecified atom stereocenters. The number of nitrogens with one attached hydrogen (secondary N) is 5. The number of rotatable bonds is 24. The molecule has 4 aromatic rings. The van der Waals surface area contributed by atoms with Crippen LogP contribution in [0.3, 0.4) is 0 Å². The number of carbonyl (C=O) groups excluding carboxylic acids is 6. The number of aliphatic carboxylic acids is 2. The first-order valence-electron chi connectivity index (χ1n) is 24.1. The van der Waals surface area contributed by atoms with Gasteiger partial charge in [-0.15, -0.1) is 0 Å². The Morgan fingerprint density at radius 2 is 1.36 bits per heavy atom. The summed E-state index contributed by atoms with van der Waals surface area (Å²) in [7, 11) is -4.34. The molecule has 1 aliphatic heterocycles. The van der Waals surface area contributed by atoms with E-state index >= 15 is 0 Å². The first-order chi connectivity index (χ1) is 34.5. The lowest BCUT2D eigenvalue weighted by atomic mass is 9.97. The van der Waals surface area contributed by atoms with Crippen molar-refractivity contribution in [2.75, 3.05) is 6.54 Å². The fourth-order valence-corrected chi connectivity index (χ4v) is 9.14. The van der Waals surface area contributed by atoms with Crippen molar-refractivity contribution in [1.29, 1.82) is 0 Å². The van der Waals surface area contributed by atoms with E-state index in [4.69, 9.17) is 5.11 Å². The lowest BCUT2D eigenvalue weighted by molar-refractivity contribution is -0.142. The molecule has 0 spiro atoms. The van der Waals surface area contributed by atoms with Crippen LogP contribution in [0.5, 0.6) is 0 Å². The molecule has 20 heteroatoms. The van der Waals surface area contributed by atoms with E-state index in [-0.39, 0.29) is 62.6 Å². The van der Waals surface area contributed by atoms with Crippen molar-refractivity contribution in [2.45, 2.75) is 127 Å². The molecule has 1 heterocycles. The molecule has 5 rings (SSSR count). The van der Waals surface area contributed by atoms with Gasteiger partial charge in [-0.05, 0) is 104 Å². The summed E-state index contributed by atoms with van der Waals surface area (Å²) in [6.45, 7) is 7.23. The summed E-state index contributed by atoms with van der Waals surface area (Å²) in [4.78, 5) is 109. The summed E-state index contributed by atoms with van der Waals surface area (Å²) in [5, 5.41) is 34.0. The van der Waals surface area contributed by atoms with Gasteiger partial charge in [-0.3, -0.25) is 38.1 Å². The van der Waals surface area contributed by atoms with E-state index in [9.17, 15) is 56.4 Å². The summed E-state index contributed by atoms with van der Waals surface area (Å²) < 4.78 is 32.3. The number of nitrogens with zero attached hydrogens (tertiary/aromatic N) is 1. The molecule has 0 saturated carbocycles. The van der Waals surface area contributed by atoms with Crippen LogP contribution < -0.4 is 26.6 Å². The van der Waals surface area contributed by atoms with E-state index in [1.54, 1.807) is 27.7 Å². The molecule has 8 N–H and O–H groups in total. The summed E-state index contributed by atoms with van der Waals surface area (Å²) in [5.74, 6) is -6.76. The van der Waals surface area contributed by atoms with Gasteiger partial charge in [0.1, 0.15) is 36.0 Å². The van der Waals surface area contributed by atoms with Gasteiger partial charge in [-0.1, -0.05) is 92.2 Å². The number of benzene rings is 4. The van der Waals surface area contributed by atoms with Crippen molar-refractivity contribution in [2.24, 2.45) is 0 Å². The molecule has 0 aromatic heterocycles. The summed E-state index contributed by atoms with van der Waals surface area (Å²) in [6.07, 6.45) is 3.16. The number of carboxylic acid groups (broad SMARTS) is 2. The topological polar surface area (TPSA) is 295 Å². The van der Waals surface area contributed by atoms with Crippen LogP contribution in [-0.2, 0) is 62.3 Å². The van der Waals surface area contributed by atoms with Gasteiger partial charge in [0.05, 0.1) is 0 Å². The SMILES string of the molecule is CCC[C@H](NC(=O)[C@H](Cc1ccc(CS(=O)(=O)O)cc1)NC(=O)c1ccc(/C=C/C(=O)O)cc1)C(=O)N1CCC[C@H]1C(=O)N[C@@H](Cc1cccc2ccccc12)C(=O)N[C@@H](CCCC(=O)O)C(=O)NC(C)(C)C. The number of fused-ring (bicyclic) bond motifs is 1. The number of amides is 6. The van der Waals surface area contributed by atoms with Crippen LogP contribution in [0.15, 0.2) is 97.1 Å². The zero-order valence-electron chi connectivity index (χ0n) is 41.3. The Balaban J connectivity index is 1.39. The van der Waals surface area contributed by atoms with Crippen molar-refractivity contribution in [1.82, 2.24) is 31.5 Å². The monoisotopic (exact) mass is 1020 g/mol. The van der Waals surface area contributed by atoms with Gasteiger partial charge >= 0.3 is 11.9 Å². The fourth-order valence-electron chi connectivity index (χ4n) is 8.53. The number of hydrogen-bond acceptors (Lipinski definition) is 10. The average molecular weight is 1030 g/mol. The van der Waals surface area contributed by atoms with Gasteiger partial charge < -0.3 is 41.7 Å². The third-order valence-electron chi connectivity index (χ3n) is 12.0. The average Bonchev–Trinajstić information content (AvgIpc) is 3.82. The molecule has 1 aliphatic rings. The minimum atomic E-state index is -4.34. The number of carbonyl (C=O) groups is 8. The zero-order chi connectivity index (χ0) is 53.5. The molecule has 390 valence electrons. The fraction of sp³-hybridized carbons (Fsp3) is 0.396. The Bertz CT molecular complexity index is 2790. The molecular formula is C53H64N6O13S. The van der Waals surface area contributed by atoms with E-state index in [1.165, 1.54) is 59.5 Å². The van der Waals surface area contributed by atoms with Crippen molar-refractivity contribution >= 4 is 74.3 Å². The van der Waals surface area contributed by atoms with E-state index < -0.39 is 99.0 Å². The Morgan fingerprint density at radius 1 is 0.726 bits per heavy atom. The van der Waals surface area contributed by atoms with Gasteiger partial charge in [0.15, 0.2) is 0 Å². The highest BCUT2D eigenvalue weighted by atomic mass is 32.2. The largest absolute Gasteiger partial charge is 0.481 e. The van der Waals surface area contributed by atoms with Gasteiger partial charge in [-0.25, -0.2) is 4.79 Å². The number of likely N-dealkylation sites (tertiary alicyclic amines) is 1. The lowest BCUT2D eigenvalue weighted by Gasteiger charge is -2.31. The molecule has 6 amide bonds. The van der Waals surface area contributed by atoms with Gasteiger partial charge in [0, 0.05) is 43.0 Å². The Hall–Kier alpha value is -7.45. The third kappa shape index (κ3) is 17.7. The highest BCUT2D eigenvalue weighted by Crippen LogP contribution is 2.23. The van der Waals surface area contributed by atoms with Crippen LogP contribution in [0.2, 0.25) is 0 Å². The predicted molar refractivity (Wildman–Crippen MR) is 272 cm³/mol. The Labute approximate surface area is 424 Å². The smallest absolute Gasteiger partial charge is 0.328 e. The zero-order valence-corrected chi connectivity index (χ0v) is 42.1. The normalized spacial score (nSPS) is 15.4.